The van der Waals surface area contributed by atoms with Gasteiger partial charge in [-0.3, -0.25) is 4.79 Å². The molecular weight excluding hydrogens is 334 g/mol. The van der Waals surface area contributed by atoms with E-state index in [2.05, 4.69) is 15.5 Å². The minimum Gasteiger partial charge on any atom is -0.338 e. The van der Waals surface area contributed by atoms with Gasteiger partial charge in [-0.15, -0.1) is 5.10 Å². The molecule has 1 amide bonds. The molecule has 0 unspecified atom stereocenters. The fourth-order valence-electron chi connectivity index (χ4n) is 3.40. The minimum atomic E-state index is -3.45. The molecular formula is C13H23N7O3S. The number of hydrogen-bond acceptors (Lipinski definition) is 6. The van der Waals surface area contributed by atoms with Gasteiger partial charge in [-0.25, -0.2) is 4.68 Å². The second-order valence-electron chi connectivity index (χ2n) is 6.57. The fourth-order valence-corrected chi connectivity index (χ4v) is 4.62. The van der Waals surface area contributed by atoms with Crippen molar-refractivity contribution in [1.82, 2.24) is 33.7 Å². The van der Waals surface area contributed by atoms with Gasteiger partial charge < -0.3 is 4.90 Å². The number of tetrazole rings is 1. The van der Waals surface area contributed by atoms with Crippen molar-refractivity contribution in [3.05, 3.63) is 6.33 Å². The van der Waals surface area contributed by atoms with Gasteiger partial charge in [0.25, 0.3) is 10.2 Å². The molecule has 4 rings (SSSR count). The second-order valence-corrected chi connectivity index (χ2v) is 8.72. The van der Waals surface area contributed by atoms with Crippen molar-refractivity contribution >= 4 is 16.1 Å². The number of aryl methyl sites for hydroxylation is 1. The summed E-state index contributed by atoms with van der Waals surface area (Å²) in [5.41, 5.74) is 0. The Morgan fingerprint density at radius 3 is 2.71 bits per heavy atom. The Labute approximate surface area is 141 Å². The Bertz CT molecular complexity index is 676. The summed E-state index contributed by atoms with van der Waals surface area (Å²) in [6.07, 6.45) is 3.60. The highest BCUT2D eigenvalue weighted by atomic mass is 32.2. The minimum absolute atomic E-state index is 0.0318. The van der Waals surface area contributed by atoms with Crippen molar-refractivity contribution < 1.29 is 13.2 Å². The van der Waals surface area contributed by atoms with E-state index in [4.69, 9.17) is 0 Å². The van der Waals surface area contributed by atoms with Gasteiger partial charge in [0.05, 0.1) is 6.54 Å². The maximum Gasteiger partial charge on any atom is 0.281 e. The van der Waals surface area contributed by atoms with Crippen LogP contribution in [0.3, 0.4) is 0 Å². The predicted octanol–water partition coefficient (Wildman–Crippen LogP) is -1.21. The highest BCUT2D eigenvalue weighted by Gasteiger charge is 2.41. The lowest BCUT2D eigenvalue weighted by Gasteiger charge is -2.36. The fraction of sp³-hybridized carbons (Fsp3) is 0.846. The van der Waals surface area contributed by atoms with Gasteiger partial charge in [0, 0.05) is 46.2 Å². The second kappa shape index (κ2) is 6.73. The van der Waals surface area contributed by atoms with E-state index in [1.807, 2.05) is 4.90 Å². The Morgan fingerprint density at radius 1 is 1.25 bits per heavy atom. The zero-order chi connectivity index (χ0) is 17.3. The molecule has 3 saturated heterocycles. The summed E-state index contributed by atoms with van der Waals surface area (Å²) in [4.78, 5) is 14.4. The van der Waals surface area contributed by atoms with Gasteiger partial charge in [0.1, 0.15) is 6.33 Å². The first kappa shape index (κ1) is 17.2. The van der Waals surface area contributed by atoms with E-state index in [1.54, 1.807) is 0 Å². The van der Waals surface area contributed by atoms with Crippen LogP contribution in [0.1, 0.15) is 19.3 Å². The number of piperidine rings is 1. The molecule has 0 aliphatic carbocycles. The van der Waals surface area contributed by atoms with Crippen LogP contribution >= 0.6 is 0 Å². The average molecular weight is 357 g/mol. The van der Waals surface area contributed by atoms with Gasteiger partial charge in [-0.05, 0) is 29.2 Å². The van der Waals surface area contributed by atoms with E-state index in [0.717, 1.165) is 12.8 Å². The highest BCUT2D eigenvalue weighted by molar-refractivity contribution is 7.86. The number of nitrogens with zero attached hydrogens (tertiary/aromatic N) is 7. The largest absolute Gasteiger partial charge is 0.338 e. The van der Waals surface area contributed by atoms with Gasteiger partial charge in [0.2, 0.25) is 5.91 Å². The maximum atomic E-state index is 12.6. The summed E-state index contributed by atoms with van der Waals surface area (Å²) in [6.45, 7) is 1.90. The van der Waals surface area contributed by atoms with Crippen LogP contribution < -0.4 is 0 Å². The molecule has 1 aromatic heterocycles. The normalized spacial score (nSPS) is 25.2. The van der Waals surface area contributed by atoms with Crippen molar-refractivity contribution in [2.45, 2.75) is 31.8 Å². The SMILES string of the molecule is CN(C)S(=O)(=O)N1C[C@@H]2CC[C@H](C1)N(C(=O)CCn1cnnn1)C2. The molecule has 10 nitrogen and oxygen atoms in total. The molecule has 2 atom stereocenters. The number of amides is 1. The van der Waals surface area contributed by atoms with E-state index >= 15 is 0 Å². The zero-order valence-electron chi connectivity index (χ0n) is 13.9. The van der Waals surface area contributed by atoms with E-state index in [-0.39, 0.29) is 17.9 Å². The molecule has 1 aromatic rings. The van der Waals surface area contributed by atoms with E-state index in [9.17, 15) is 13.2 Å². The first-order valence-electron chi connectivity index (χ1n) is 8.05. The van der Waals surface area contributed by atoms with Crippen LogP contribution in [-0.4, -0.2) is 87.8 Å². The topological polar surface area (TPSA) is 105 Å². The van der Waals surface area contributed by atoms with Crippen LogP contribution in [0.15, 0.2) is 6.33 Å². The number of hydrogen-bond donors (Lipinski definition) is 0. The van der Waals surface area contributed by atoms with Crippen LogP contribution in [0.5, 0.6) is 0 Å². The van der Waals surface area contributed by atoms with Crippen LogP contribution in [0, 0.1) is 5.92 Å². The summed E-state index contributed by atoms with van der Waals surface area (Å²) in [5, 5.41) is 10.9. The molecule has 11 heteroatoms. The number of carbonyl (C=O) groups is 1. The van der Waals surface area contributed by atoms with Crippen molar-refractivity contribution in [3.8, 4) is 0 Å². The van der Waals surface area contributed by atoms with Gasteiger partial charge in [0.15, 0.2) is 0 Å². The van der Waals surface area contributed by atoms with Gasteiger partial charge in [-0.1, -0.05) is 0 Å². The first-order valence-corrected chi connectivity index (χ1v) is 9.45. The Balaban J connectivity index is 1.68. The van der Waals surface area contributed by atoms with Crippen molar-refractivity contribution in [1.29, 1.82) is 0 Å². The summed E-state index contributed by atoms with van der Waals surface area (Å²) >= 11 is 0. The summed E-state index contributed by atoms with van der Waals surface area (Å²) in [5.74, 6) is 0.222. The van der Waals surface area contributed by atoms with Crippen molar-refractivity contribution in [3.63, 3.8) is 0 Å². The molecule has 2 bridgehead atoms. The van der Waals surface area contributed by atoms with E-state index in [1.165, 1.54) is 33.7 Å². The Kier molecular flexibility index (Phi) is 4.83. The lowest BCUT2D eigenvalue weighted by atomic mass is 9.95. The molecule has 0 aromatic carbocycles. The summed E-state index contributed by atoms with van der Waals surface area (Å²) in [6, 6.07) is -0.0557. The molecule has 0 radical (unpaired) electrons. The number of rotatable bonds is 5. The highest BCUT2D eigenvalue weighted by Crippen LogP contribution is 2.30. The molecule has 0 saturated carbocycles. The number of carbonyl (C=O) groups excluding carboxylic acids is 1. The molecule has 24 heavy (non-hydrogen) atoms. The first-order chi connectivity index (χ1) is 11.4. The Hall–Kier alpha value is -1.59. The summed E-state index contributed by atoms with van der Waals surface area (Å²) in [7, 11) is -0.370. The molecule has 134 valence electrons. The zero-order valence-corrected chi connectivity index (χ0v) is 14.8. The van der Waals surface area contributed by atoms with E-state index in [0.29, 0.717) is 32.6 Å². The van der Waals surface area contributed by atoms with Crippen molar-refractivity contribution in [2.75, 3.05) is 33.7 Å². The third kappa shape index (κ3) is 3.42. The van der Waals surface area contributed by atoms with E-state index < -0.39 is 10.2 Å². The predicted molar refractivity (Wildman–Crippen MR) is 84.8 cm³/mol. The van der Waals surface area contributed by atoms with Crippen molar-refractivity contribution in [2.24, 2.45) is 5.92 Å². The standard InChI is InChI=1S/C13H23N7O3S/c1-17(2)24(22,23)19-7-11-3-4-12(9-19)20(8-11)13(21)5-6-18-10-14-15-16-18/h10-12H,3-9H2,1-2H3/t11-,12+/m0/s1. The van der Waals surface area contributed by atoms with Crippen LogP contribution in [-0.2, 0) is 21.5 Å². The smallest absolute Gasteiger partial charge is 0.281 e. The average Bonchev–Trinajstić information content (AvgIpc) is 2.89. The lowest BCUT2D eigenvalue weighted by Crippen LogP contribution is -2.48. The molecule has 0 spiro atoms. The molecule has 0 N–H and O–H groups in total. The van der Waals surface area contributed by atoms with Gasteiger partial charge in [-0.2, -0.15) is 17.0 Å². The van der Waals surface area contributed by atoms with Crippen LogP contribution in [0.25, 0.3) is 0 Å². The molecule has 4 heterocycles. The third-order valence-corrected chi connectivity index (χ3v) is 6.61. The Morgan fingerprint density at radius 2 is 2.04 bits per heavy atom. The maximum absolute atomic E-state index is 12.6. The third-order valence-electron chi connectivity index (χ3n) is 4.73. The van der Waals surface area contributed by atoms with Crippen LogP contribution in [0.4, 0.5) is 0 Å². The van der Waals surface area contributed by atoms with Crippen LogP contribution in [0.2, 0.25) is 0 Å². The number of fused-ring (bicyclic) bond motifs is 4. The monoisotopic (exact) mass is 357 g/mol. The number of aromatic nitrogens is 4. The molecule has 3 aliphatic rings. The van der Waals surface area contributed by atoms with Gasteiger partial charge >= 0.3 is 0 Å². The summed E-state index contributed by atoms with van der Waals surface area (Å²) < 4.78 is 29.2. The quantitative estimate of drug-likeness (QED) is 0.655. The lowest BCUT2D eigenvalue weighted by molar-refractivity contribution is -0.135. The molecule has 3 fully saturated rings. The molecule has 3 aliphatic heterocycles.